The van der Waals surface area contributed by atoms with Crippen LogP contribution in [0.5, 0.6) is 0 Å². The summed E-state index contributed by atoms with van der Waals surface area (Å²) in [6, 6.07) is 2.75. The van der Waals surface area contributed by atoms with Gasteiger partial charge in [-0.05, 0) is 37.9 Å². The molecule has 1 aromatic heterocycles. The third-order valence-corrected chi connectivity index (χ3v) is 4.69. The molecule has 7 nitrogen and oxygen atoms in total. The lowest BCUT2D eigenvalue weighted by atomic mass is 9.96. The highest BCUT2D eigenvalue weighted by atomic mass is 16.3. The molecule has 0 saturated carbocycles. The Bertz CT molecular complexity index is 562. The summed E-state index contributed by atoms with van der Waals surface area (Å²) >= 11 is 0. The van der Waals surface area contributed by atoms with E-state index < -0.39 is 0 Å². The summed E-state index contributed by atoms with van der Waals surface area (Å²) in [5, 5.41) is 15.7. The van der Waals surface area contributed by atoms with Crippen LogP contribution in [0.15, 0.2) is 16.9 Å². The number of nitrogens with one attached hydrogen (secondary N) is 1. The number of amides is 1. The monoisotopic (exact) mass is 306 g/mol. The van der Waals surface area contributed by atoms with Crippen molar-refractivity contribution in [3.05, 3.63) is 28.2 Å². The highest BCUT2D eigenvalue weighted by molar-refractivity contribution is 5.92. The van der Waals surface area contributed by atoms with E-state index >= 15 is 0 Å². The van der Waals surface area contributed by atoms with Gasteiger partial charge in [0.2, 0.25) is 0 Å². The van der Waals surface area contributed by atoms with Crippen molar-refractivity contribution in [2.45, 2.75) is 12.8 Å². The first-order chi connectivity index (χ1) is 10.7. The van der Waals surface area contributed by atoms with Gasteiger partial charge in [-0.1, -0.05) is 0 Å². The second-order valence-electron chi connectivity index (χ2n) is 6.23. The molecule has 1 aromatic rings. The van der Waals surface area contributed by atoms with Crippen molar-refractivity contribution in [2.24, 2.45) is 11.8 Å². The molecule has 1 amide bonds. The Morgan fingerprint density at radius 3 is 2.64 bits per heavy atom. The Balaban J connectivity index is 1.66. The van der Waals surface area contributed by atoms with Crippen LogP contribution in [0, 0.1) is 11.8 Å². The lowest BCUT2D eigenvalue weighted by Gasteiger charge is -2.22. The first kappa shape index (κ1) is 15.2. The van der Waals surface area contributed by atoms with Crippen LogP contribution in [0.1, 0.15) is 23.3 Å². The number of carbonyl (C=O) groups excluding carboxylic acids is 1. The number of aromatic nitrogens is 2. The van der Waals surface area contributed by atoms with E-state index in [1.54, 1.807) is 4.90 Å². The molecule has 0 bridgehead atoms. The molecule has 2 N–H and O–H groups in total. The van der Waals surface area contributed by atoms with Crippen LogP contribution in [0.2, 0.25) is 0 Å². The lowest BCUT2D eigenvalue weighted by molar-refractivity contribution is 0.0772. The molecule has 3 rings (SSSR count). The zero-order valence-corrected chi connectivity index (χ0v) is 12.6. The predicted molar refractivity (Wildman–Crippen MR) is 80.5 cm³/mol. The van der Waals surface area contributed by atoms with Gasteiger partial charge in [-0.2, -0.15) is 5.10 Å². The Labute approximate surface area is 128 Å². The van der Waals surface area contributed by atoms with E-state index in [2.05, 4.69) is 15.1 Å². The largest absolute Gasteiger partial charge is 0.396 e. The smallest absolute Gasteiger partial charge is 0.274 e. The van der Waals surface area contributed by atoms with Crippen molar-refractivity contribution >= 4 is 5.91 Å². The van der Waals surface area contributed by atoms with E-state index in [4.69, 9.17) is 0 Å². The normalized spacial score (nSPS) is 25.8. The molecule has 0 unspecified atom stereocenters. The minimum Gasteiger partial charge on any atom is -0.396 e. The maximum absolute atomic E-state index is 12.4. The van der Waals surface area contributed by atoms with E-state index in [-0.39, 0.29) is 29.7 Å². The summed E-state index contributed by atoms with van der Waals surface area (Å²) in [4.78, 5) is 27.6. The number of nitrogens with zero attached hydrogens (tertiary/aromatic N) is 3. The second-order valence-corrected chi connectivity index (χ2v) is 6.23. The second kappa shape index (κ2) is 6.58. The number of likely N-dealkylation sites (tertiary alicyclic amines) is 2. The van der Waals surface area contributed by atoms with Gasteiger partial charge in [-0.3, -0.25) is 9.59 Å². The third kappa shape index (κ3) is 3.20. The highest BCUT2D eigenvalue weighted by Crippen LogP contribution is 2.26. The fourth-order valence-electron chi connectivity index (χ4n) is 3.44. The van der Waals surface area contributed by atoms with Crippen molar-refractivity contribution in [1.29, 1.82) is 0 Å². The van der Waals surface area contributed by atoms with Crippen LogP contribution < -0.4 is 5.56 Å². The van der Waals surface area contributed by atoms with E-state index in [0.29, 0.717) is 19.0 Å². The Hall–Kier alpha value is -1.73. The molecule has 2 atom stereocenters. The van der Waals surface area contributed by atoms with Crippen LogP contribution in [-0.4, -0.2) is 70.3 Å². The van der Waals surface area contributed by atoms with Gasteiger partial charge in [0.05, 0.1) is 0 Å². The van der Waals surface area contributed by atoms with Crippen LogP contribution in [0.3, 0.4) is 0 Å². The summed E-state index contributed by atoms with van der Waals surface area (Å²) in [6.07, 6.45) is 2.47. The molecule has 2 fully saturated rings. The van der Waals surface area contributed by atoms with Crippen molar-refractivity contribution in [3.63, 3.8) is 0 Å². The zero-order valence-electron chi connectivity index (χ0n) is 12.6. The zero-order chi connectivity index (χ0) is 15.5. The average molecular weight is 306 g/mol. The van der Waals surface area contributed by atoms with Crippen molar-refractivity contribution < 1.29 is 9.90 Å². The molecular weight excluding hydrogens is 284 g/mol. The lowest BCUT2D eigenvalue weighted by Crippen LogP contribution is -2.33. The first-order valence-corrected chi connectivity index (χ1v) is 7.85. The molecule has 22 heavy (non-hydrogen) atoms. The maximum Gasteiger partial charge on any atom is 0.274 e. The number of carbonyl (C=O) groups is 1. The van der Waals surface area contributed by atoms with Gasteiger partial charge in [0.1, 0.15) is 5.69 Å². The molecule has 2 aliphatic rings. The van der Waals surface area contributed by atoms with Crippen LogP contribution in [0.4, 0.5) is 0 Å². The van der Waals surface area contributed by atoms with Gasteiger partial charge in [0, 0.05) is 38.2 Å². The summed E-state index contributed by atoms with van der Waals surface area (Å²) in [7, 11) is 0. The number of aliphatic hydroxyl groups excluding tert-OH is 1. The molecular formula is C15H22N4O3. The molecule has 0 spiro atoms. The van der Waals surface area contributed by atoms with Crippen LogP contribution in [-0.2, 0) is 0 Å². The fourth-order valence-corrected chi connectivity index (χ4v) is 3.44. The Morgan fingerprint density at radius 2 is 2.00 bits per heavy atom. The minimum atomic E-state index is -0.321. The Morgan fingerprint density at radius 1 is 1.27 bits per heavy atom. The number of aliphatic hydroxyl groups is 1. The topological polar surface area (TPSA) is 89.5 Å². The summed E-state index contributed by atoms with van der Waals surface area (Å²) in [5.74, 6) is 0.237. The minimum absolute atomic E-state index is 0.0985. The quantitative estimate of drug-likeness (QED) is 0.786. The Kier molecular flexibility index (Phi) is 4.54. The van der Waals surface area contributed by atoms with Crippen molar-refractivity contribution in [2.75, 3.05) is 39.3 Å². The summed E-state index contributed by atoms with van der Waals surface area (Å²) in [6.45, 7) is 4.46. The molecule has 0 aromatic carbocycles. The van der Waals surface area contributed by atoms with Gasteiger partial charge in [-0.25, -0.2) is 5.10 Å². The van der Waals surface area contributed by atoms with E-state index in [0.717, 1.165) is 19.6 Å². The van der Waals surface area contributed by atoms with Crippen LogP contribution >= 0.6 is 0 Å². The number of aromatic amines is 1. The van der Waals surface area contributed by atoms with Gasteiger partial charge in [-0.15, -0.1) is 0 Å². The maximum atomic E-state index is 12.4. The van der Waals surface area contributed by atoms with Gasteiger partial charge in [0.15, 0.2) is 0 Å². The molecule has 2 saturated heterocycles. The first-order valence-electron chi connectivity index (χ1n) is 7.85. The van der Waals surface area contributed by atoms with Crippen LogP contribution in [0.25, 0.3) is 0 Å². The van der Waals surface area contributed by atoms with E-state index in [1.165, 1.54) is 25.0 Å². The average Bonchev–Trinajstić information content (AvgIpc) is 3.17. The van der Waals surface area contributed by atoms with Gasteiger partial charge >= 0.3 is 0 Å². The van der Waals surface area contributed by atoms with E-state index in [1.807, 2.05) is 0 Å². The van der Waals surface area contributed by atoms with E-state index in [9.17, 15) is 14.7 Å². The predicted octanol–water partition coefficient (Wildman–Crippen LogP) is -0.454. The summed E-state index contributed by atoms with van der Waals surface area (Å²) < 4.78 is 0. The third-order valence-electron chi connectivity index (χ3n) is 4.69. The molecule has 120 valence electrons. The van der Waals surface area contributed by atoms with Crippen molar-refractivity contribution in [3.8, 4) is 0 Å². The number of H-pyrrole nitrogens is 1. The molecule has 3 heterocycles. The molecule has 0 aliphatic carbocycles. The number of hydrogen-bond donors (Lipinski definition) is 2. The number of hydrogen-bond acceptors (Lipinski definition) is 5. The fraction of sp³-hybridized carbons (Fsp3) is 0.667. The SMILES string of the molecule is O=C(c1ccc(=O)[nH]n1)N1C[C@@H](CN2CCCC2)[C@@H](CO)C1. The molecule has 0 radical (unpaired) electrons. The van der Waals surface area contributed by atoms with Gasteiger partial charge < -0.3 is 14.9 Å². The molecule has 2 aliphatic heterocycles. The molecule has 7 heteroatoms. The van der Waals surface area contributed by atoms with Gasteiger partial charge in [0.25, 0.3) is 11.5 Å². The standard InChI is InChI=1S/C15H22N4O3/c20-10-12-9-19(8-11(12)7-18-5-1-2-6-18)15(22)13-3-4-14(21)17-16-13/h3-4,11-12,20H,1-2,5-10H2,(H,17,21)/t11-,12-/m1/s1. The number of rotatable bonds is 4. The van der Waals surface area contributed by atoms with Crippen molar-refractivity contribution in [1.82, 2.24) is 20.0 Å². The highest BCUT2D eigenvalue weighted by Gasteiger charge is 2.36. The summed E-state index contributed by atoms with van der Waals surface area (Å²) in [5.41, 5.74) is -0.0729.